The minimum Gasteiger partial charge on any atom is -0.497 e. The first-order valence-electron chi connectivity index (χ1n) is 5.79. The molecule has 0 saturated heterocycles. The van der Waals surface area contributed by atoms with E-state index in [1.807, 2.05) is 19.1 Å². The van der Waals surface area contributed by atoms with Gasteiger partial charge in [0.25, 0.3) is 0 Å². The largest absolute Gasteiger partial charge is 0.497 e. The van der Waals surface area contributed by atoms with Gasteiger partial charge in [-0.25, -0.2) is 4.39 Å². The number of aromatic nitrogens is 1. The van der Waals surface area contributed by atoms with Gasteiger partial charge in [0.2, 0.25) is 0 Å². The quantitative estimate of drug-likeness (QED) is 0.925. The topological polar surface area (TPSA) is 34.1 Å². The Morgan fingerprint density at radius 3 is 2.84 bits per heavy atom. The molecule has 0 unspecified atom stereocenters. The molecule has 0 saturated carbocycles. The van der Waals surface area contributed by atoms with E-state index in [9.17, 15) is 4.39 Å². The summed E-state index contributed by atoms with van der Waals surface area (Å²) in [6.07, 6.45) is 0. The molecule has 0 aliphatic heterocycles. The van der Waals surface area contributed by atoms with E-state index in [0.717, 1.165) is 21.6 Å². The molecule has 0 aliphatic rings. The van der Waals surface area contributed by atoms with Crippen molar-refractivity contribution in [3.63, 3.8) is 0 Å². The zero-order valence-electron chi connectivity index (χ0n) is 10.7. The molecule has 1 aromatic carbocycles. The molecule has 19 heavy (non-hydrogen) atoms. The molecular formula is C14H14BrFN2O. The van der Waals surface area contributed by atoms with E-state index in [1.165, 1.54) is 6.07 Å². The lowest BCUT2D eigenvalue weighted by Gasteiger charge is -2.09. The van der Waals surface area contributed by atoms with Crippen molar-refractivity contribution in [1.29, 1.82) is 0 Å². The van der Waals surface area contributed by atoms with Crippen LogP contribution in [0.1, 0.15) is 11.4 Å². The second-order valence-corrected chi connectivity index (χ2v) is 5.03. The molecule has 0 fully saturated rings. The van der Waals surface area contributed by atoms with Crippen molar-refractivity contribution in [2.24, 2.45) is 0 Å². The molecule has 2 aromatic rings. The number of pyridine rings is 1. The van der Waals surface area contributed by atoms with E-state index in [0.29, 0.717) is 12.2 Å². The third-order valence-electron chi connectivity index (χ3n) is 2.60. The molecule has 0 bridgehead atoms. The van der Waals surface area contributed by atoms with E-state index in [2.05, 4.69) is 26.2 Å². The summed E-state index contributed by atoms with van der Waals surface area (Å²) in [4.78, 5) is 4.37. The summed E-state index contributed by atoms with van der Waals surface area (Å²) in [5, 5.41) is 3.03. The maximum Gasteiger partial charge on any atom is 0.146 e. The SMILES string of the molecule is COc1cc(C)nc(CNc2cc(Br)ccc2F)c1. The Hall–Kier alpha value is -1.62. The van der Waals surface area contributed by atoms with Gasteiger partial charge in [-0.15, -0.1) is 0 Å². The molecule has 0 spiro atoms. The van der Waals surface area contributed by atoms with E-state index < -0.39 is 0 Å². The van der Waals surface area contributed by atoms with Crippen molar-refractivity contribution in [2.75, 3.05) is 12.4 Å². The fourth-order valence-electron chi connectivity index (χ4n) is 1.73. The van der Waals surface area contributed by atoms with Crippen molar-refractivity contribution in [1.82, 2.24) is 4.98 Å². The van der Waals surface area contributed by atoms with Crippen LogP contribution in [0.5, 0.6) is 5.75 Å². The molecule has 2 rings (SSSR count). The highest BCUT2D eigenvalue weighted by atomic mass is 79.9. The van der Waals surface area contributed by atoms with Crippen LogP contribution in [0.4, 0.5) is 10.1 Å². The molecule has 100 valence electrons. The van der Waals surface area contributed by atoms with Crippen LogP contribution >= 0.6 is 15.9 Å². The van der Waals surface area contributed by atoms with Crippen LogP contribution in [0.3, 0.4) is 0 Å². The Morgan fingerprint density at radius 2 is 2.11 bits per heavy atom. The predicted molar refractivity (Wildman–Crippen MR) is 77.0 cm³/mol. The van der Waals surface area contributed by atoms with Crippen LogP contribution in [0.15, 0.2) is 34.8 Å². The van der Waals surface area contributed by atoms with E-state index in [-0.39, 0.29) is 5.82 Å². The highest BCUT2D eigenvalue weighted by molar-refractivity contribution is 9.10. The maximum absolute atomic E-state index is 13.6. The van der Waals surface area contributed by atoms with Crippen molar-refractivity contribution in [2.45, 2.75) is 13.5 Å². The minimum absolute atomic E-state index is 0.289. The molecular weight excluding hydrogens is 311 g/mol. The molecule has 0 radical (unpaired) electrons. The van der Waals surface area contributed by atoms with Gasteiger partial charge in [-0.3, -0.25) is 4.98 Å². The number of anilines is 1. The van der Waals surface area contributed by atoms with Crippen LogP contribution in [0, 0.1) is 12.7 Å². The Balaban J connectivity index is 2.14. The standard InChI is InChI=1S/C14H14BrFN2O/c1-9-5-12(19-2)7-11(18-9)8-17-14-6-10(15)3-4-13(14)16/h3-7,17H,8H2,1-2H3. The number of nitrogens with zero attached hydrogens (tertiary/aromatic N) is 1. The van der Waals surface area contributed by atoms with Gasteiger partial charge >= 0.3 is 0 Å². The summed E-state index contributed by atoms with van der Waals surface area (Å²) in [5.74, 6) is 0.460. The van der Waals surface area contributed by atoms with Crippen LogP contribution in [0.2, 0.25) is 0 Å². The second kappa shape index (κ2) is 6.02. The number of aryl methyl sites for hydroxylation is 1. The number of benzene rings is 1. The normalized spacial score (nSPS) is 10.3. The molecule has 3 nitrogen and oxygen atoms in total. The minimum atomic E-state index is -0.289. The summed E-state index contributed by atoms with van der Waals surface area (Å²) >= 11 is 3.31. The molecule has 1 N–H and O–H groups in total. The molecule has 1 heterocycles. The van der Waals surface area contributed by atoms with Crippen LogP contribution in [-0.4, -0.2) is 12.1 Å². The average Bonchev–Trinajstić information content (AvgIpc) is 2.39. The Morgan fingerprint density at radius 1 is 1.32 bits per heavy atom. The highest BCUT2D eigenvalue weighted by Crippen LogP contribution is 2.21. The van der Waals surface area contributed by atoms with Crippen molar-refractivity contribution >= 4 is 21.6 Å². The maximum atomic E-state index is 13.6. The lowest BCUT2D eigenvalue weighted by Crippen LogP contribution is -2.04. The highest BCUT2D eigenvalue weighted by Gasteiger charge is 2.04. The van der Waals surface area contributed by atoms with E-state index in [4.69, 9.17) is 4.74 Å². The summed E-state index contributed by atoms with van der Waals surface area (Å²) < 4.78 is 19.6. The van der Waals surface area contributed by atoms with Crippen molar-refractivity contribution in [3.8, 4) is 5.75 Å². The zero-order valence-corrected chi connectivity index (χ0v) is 12.3. The zero-order chi connectivity index (χ0) is 13.8. The van der Waals surface area contributed by atoms with Gasteiger partial charge in [-0.1, -0.05) is 15.9 Å². The number of hydrogen-bond acceptors (Lipinski definition) is 3. The van der Waals surface area contributed by atoms with Crippen molar-refractivity contribution in [3.05, 3.63) is 52.0 Å². The molecule has 0 aliphatic carbocycles. The third kappa shape index (κ3) is 3.67. The van der Waals surface area contributed by atoms with Gasteiger partial charge in [0.1, 0.15) is 11.6 Å². The summed E-state index contributed by atoms with van der Waals surface area (Å²) in [6.45, 7) is 2.33. The third-order valence-corrected chi connectivity index (χ3v) is 3.10. The van der Waals surface area contributed by atoms with E-state index in [1.54, 1.807) is 19.2 Å². The molecule has 0 amide bonds. The molecule has 5 heteroatoms. The monoisotopic (exact) mass is 324 g/mol. The summed E-state index contributed by atoms with van der Waals surface area (Å²) in [6, 6.07) is 8.45. The first-order chi connectivity index (χ1) is 9.08. The average molecular weight is 325 g/mol. The molecule has 0 atom stereocenters. The van der Waals surface area contributed by atoms with E-state index >= 15 is 0 Å². The van der Waals surface area contributed by atoms with Gasteiger partial charge in [0, 0.05) is 22.3 Å². The van der Waals surface area contributed by atoms with Crippen LogP contribution < -0.4 is 10.1 Å². The smallest absolute Gasteiger partial charge is 0.146 e. The first-order valence-corrected chi connectivity index (χ1v) is 6.58. The van der Waals surface area contributed by atoms with Gasteiger partial charge < -0.3 is 10.1 Å². The molecule has 1 aromatic heterocycles. The van der Waals surface area contributed by atoms with Gasteiger partial charge in [0.05, 0.1) is 25.0 Å². The number of ether oxygens (including phenoxy) is 1. The van der Waals surface area contributed by atoms with Gasteiger partial charge in [0.15, 0.2) is 0 Å². The van der Waals surface area contributed by atoms with Crippen LogP contribution in [-0.2, 0) is 6.54 Å². The number of halogens is 2. The predicted octanol–water partition coefficient (Wildman–Crippen LogP) is 3.91. The first kappa shape index (κ1) is 13.8. The lowest BCUT2D eigenvalue weighted by atomic mass is 10.2. The van der Waals surface area contributed by atoms with Gasteiger partial charge in [-0.2, -0.15) is 0 Å². The number of hydrogen-bond donors (Lipinski definition) is 1. The lowest BCUT2D eigenvalue weighted by molar-refractivity contribution is 0.413. The fraction of sp³-hybridized carbons (Fsp3) is 0.214. The Labute approximate surface area is 119 Å². The second-order valence-electron chi connectivity index (χ2n) is 4.12. The van der Waals surface area contributed by atoms with Gasteiger partial charge in [-0.05, 0) is 25.1 Å². The number of nitrogens with one attached hydrogen (secondary N) is 1. The van der Waals surface area contributed by atoms with Crippen molar-refractivity contribution < 1.29 is 9.13 Å². The Kier molecular flexibility index (Phi) is 4.37. The summed E-state index contributed by atoms with van der Waals surface area (Å²) in [7, 11) is 1.61. The van der Waals surface area contributed by atoms with Crippen LogP contribution in [0.25, 0.3) is 0 Å². The number of methoxy groups -OCH3 is 1. The Bertz CT molecular complexity index is 590. The number of rotatable bonds is 4. The summed E-state index contributed by atoms with van der Waals surface area (Å²) in [5.41, 5.74) is 2.11. The fourth-order valence-corrected chi connectivity index (χ4v) is 2.09.